The average molecular weight is 331 g/mol. The van der Waals surface area contributed by atoms with Crippen molar-refractivity contribution in [1.82, 2.24) is 4.98 Å². The molecule has 22 heavy (non-hydrogen) atoms. The van der Waals surface area contributed by atoms with Gasteiger partial charge < -0.3 is 14.6 Å². The van der Waals surface area contributed by atoms with Crippen LogP contribution in [0, 0.1) is 17.5 Å². The van der Waals surface area contributed by atoms with Crippen LogP contribution in [0.3, 0.4) is 0 Å². The van der Waals surface area contributed by atoms with Gasteiger partial charge in [-0.3, -0.25) is 0 Å². The number of pyridine rings is 1. The van der Waals surface area contributed by atoms with Gasteiger partial charge in [0.25, 0.3) is 0 Å². The fraction of sp³-hybridized carbons (Fsp3) is 0.286. The SMILES string of the molecule is CCOC(=S)c1c(COC)nc2c(F)c(F)c(F)cc2c1O. The number of benzene rings is 1. The van der Waals surface area contributed by atoms with Crippen LogP contribution >= 0.6 is 12.2 Å². The van der Waals surface area contributed by atoms with Crippen molar-refractivity contribution < 1.29 is 27.8 Å². The summed E-state index contributed by atoms with van der Waals surface area (Å²) in [5.74, 6) is -5.12. The van der Waals surface area contributed by atoms with Gasteiger partial charge >= 0.3 is 0 Å². The summed E-state index contributed by atoms with van der Waals surface area (Å²) in [5, 5.41) is 9.89. The molecule has 0 aliphatic heterocycles. The van der Waals surface area contributed by atoms with E-state index in [4.69, 9.17) is 21.7 Å². The Morgan fingerprint density at radius 3 is 2.59 bits per heavy atom. The molecule has 2 aromatic rings. The molecule has 1 heterocycles. The summed E-state index contributed by atoms with van der Waals surface area (Å²) in [5.41, 5.74) is -0.445. The van der Waals surface area contributed by atoms with Crippen molar-refractivity contribution in [2.75, 3.05) is 13.7 Å². The van der Waals surface area contributed by atoms with E-state index in [0.717, 1.165) is 0 Å². The summed E-state index contributed by atoms with van der Waals surface area (Å²) >= 11 is 5.02. The molecule has 0 aliphatic carbocycles. The van der Waals surface area contributed by atoms with Crippen molar-refractivity contribution in [2.24, 2.45) is 0 Å². The highest BCUT2D eigenvalue weighted by Crippen LogP contribution is 2.34. The largest absolute Gasteiger partial charge is 0.506 e. The summed E-state index contributed by atoms with van der Waals surface area (Å²) in [7, 11) is 1.36. The first kappa shape index (κ1) is 16.4. The number of aromatic hydroxyl groups is 1. The lowest BCUT2D eigenvalue weighted by molar-refractivity contribution is 0.181. The van der Waals surface area contributed by atoms with Crippen molar-refractivity contribution in [3.8, 4) is 5.75 Å². The minimum Gasteiger partial charge on any atom is -0.506 e. The predicted octanol–water partition coefficient (Wildman–Crippen LogP) is 3.22. The van der Waals surface area contributed by atoms with Crippen molar-refractivity contribution in [2.45, 2.75) is 13.5 Å². The van der Waals surface area contributed by atoms with E-state index in [1.807, 2.05) is 0 Å². The number of halogens is 3. The molecule has 1 N–H and O–H groups in total. The van der Waals surface area contributed by atoms with Gasteiger partial charge in [0.15, 0.2) is 22.5 Å². The summed E-state index contributed by atoms with van der Waals surface area (Å²) in [6, 6.07) is 0.657. The zero-order valence-electron chi connectivity index (χ0n) is 11.7. The lowest BCUT2D eigenvalue weighted by Gasteiger charge is -2.14. The van der Waals surface area contributed by atoms with Crippen LogP contribution in [-0.2, 0) is 16.1 Å². The predicted molar refractivity (Wildman–Crippen MR) is 77.3 cm³/mol. The van der Waals surface area contributed by atoms with E-state index in [1.54, 1.807) is 6.92 Å². The molecule has 0 aliphatic rings. The number of rotatable bonds is 4. The van der Waals surface area contributed by atoms with Crippen molar-refractivity contribution in [3.05, 3.63) is 34.8 Å². The van der Waals surface area contributed by atoms with Gasteiger partial charge in [0.1, 0.15) is 11.3 Å². The number of ether oxygens (including phenoxy) is 2. The van der Waals surface area contributed by atoms with Crippen molar-refractivity contribution >= 4 is 28.2 Å². The summed E-state index contributed by atoms with van der Waals surface area (Å²) in [4.78, 5) is 3.90. The standard InChI is InChI=1S/C14H12F3NO3S/c1-3-21-14(22)9-8(5-20-2)18-12-6(13(9)19)4-7(15)10(16)11(12)17/h4H,3,5H2,1-2H3,(H,18,19). The number of methoxy groups -OCH3 is 1. The Balaban J connectivity index is 2.83. The van der Waals surface area contributed by atoms with Crippen LogP contribution in [0.15, 0.2) is 6.07 Å². The summed E-state index contributed by atoms with van der Waals surface area (Å²) in [6.45, 7) is 1.79. The van der Waals surface area contributed by atoms with Gasteiger partial charge in [-0.1, -0.05) is 0 Å². The van der Waals surface area contributed by atoms with Gasteiger partial charge in [0.2, 0.25) is 0 Å². The molecule has 0 fully saturated rings. The highest BCUT2D eigenvalue weighted by molar-refractivity contribution is 7.80. The molecule has 8 heteroatoms. The maximum atomic E-state index is 13.8. The van der Waals surface area contributed by atoms with Gasteiger partial charge in [-0.25, -0.2) is 18.2 Å². The molecule has 0 atom stereocenters. The molecule has 0 spiro atoms. The first-order chi connectivity index (χ1) is 10.4. The number of hydrogen-bond acceptors (Lipinski definition) is 5. The van der Waals surface area contributed by atoms with Gasteiger partial charge in [-0.2, -0.15) is 0 Å². The van der Waals surface area contributed by atoms with Crippen LogP contribution < -0.4 is 0 Å². The topological polar surface area (TPSA) is 51.6 Å². The number of thiocarbonyl (C=S) groups is 1. The third-order valence-electron chi connectivity index (χ3n) is 2.92. The van der Waals surface area contributed by atoms with Gasteiger partial charge in [0.05, 0.1) is 24.5 Å². The molecule has 0 amide bonds. The third-order valence-corrected chi connectivity index (χ3v) is 3.25. The van der Waals surface area contributed by atoms with Crippen LogP contribution in [-0.4, -0.2) is 28.9 Å². The van der Waals surface area contributed by atoms with Gasteiger partial charge in [-0.05, 0) is 25.2 Å². The average Bonchev–Trinajstić information content (AvgIpc) is 2.47. The van der Waals surface area contributed by atoms with E-state index in [2.05, 4.69) is 4.98 Å². The Morgan fingerprint density at radius 2 is 2.00 bits per heavy atom. The van der Waals surface area contributed by atoms with E-state index in [0.29, 0.717) is 6.07 Å². The minimum absolute atomic E-state index is 0.00314. The second-order valence-electron chi connectivity index (χ2n) is 4.32. The van der Waals surface area contributed by atoms with E-state index in [9.17, 15) is 18.3 Å². The minimum atomic E-state index is -1.66. The Labute approximate surface area is 129 Å². The normalized spacial score (nSPS) is 11.0. The van der Waals surface area contributed by atoms with Crippen LogP contribution in [0.2, 0.25) is 0 Å². The maximum Gasteiger partial charge on any atom is 0.196 e. The quantitative estimate of drug-likeness (QED) is 0.689. The van der Waals surface area contributed by atoms with Crippen LogP contribution in [0.1, 0.15) is 18.2 Å². The molecular weight excluding hydrogens is 319 g/mol. The van der Waals surface area contributed by atoms with Crippen LogP contribution in [0.5, 0.6) is 5.75 Å². The van der Waals surface area contributed by atoms with E-state index < -0.39 is 28.7 Å². The molecule has 1 aromatic heterocycles. The van der Waals surface area contributed by atoms with E-state index >= 15 is 0 Å². The number of fused-ring (bicyclic) bond motifs is 1. The second kappa shape index (κ2) is 6.45. The molecule has 1 aromatic carbocycles. The maximum absolute atomic E-state index is 13.8. The molecule has 0 radical (unpaired) electrons. The van der Waals surface area contributed by atoms with Gasteiger partial charge in [0, 0.05) is 12.5 Å². The van der Waals surface area contributed by atoms with Gasteiger partial charge in [-0.15, -0.1) is 0 Å². The van der Waals surface area contributed by atoms with Crippen molar-refractivity contribution in [3.63, 3.8) is 0 Å². The second-order valence-corrected chi connectivity index (χ2v) is 4.69. The summed E-state index contributed by atoms with van der Waals surface area (Å²) < 4.78 is 50.6. The smallest absolute Gasteiger partial charge is 0.196 e. The molecule has 0 saturated carbocycles. The lowest BCUT2D eigenvalue weighted by Crippen LogP contribution is -2.11. The number of hydrogen-bond donors (Lipinski definition) is 1. The molecule has 4 nitrogen and oxygen atoms in total. The molecule has 0 bridgehead atoms. The highest BCUT2D eigenvalue weighted by Gasteiger charge is 2.24. The monoisotopic (exact) mass is 331 g/mol. The van der Waals surface area contributed by atoms with Crippen LogP contribution in [0.25, 0.3) is 10.9 Å². The zero-order chi connectivity index (χ0) is 16.4. The first-order valence-corrected chi connectivity index (χ1v) is 6.68. The summed E-state index contributed by atoms with van der Waals surface area (Å²) in [6.07, 6.45) is 0. The fourth-order valence-electron chi connectivity index (χ4n) is 2.00. The Kier molecular flexibility index (Phi) is 4.82. The van der Waals surface area contributed by atoms with E-state index in [-0.39, 0.29) is 34.9 Å². The number of aromatic nitrogens is 1. The first-order valence-electron chi connectivity index (χ1n) is 6.27. The highest BCUT2D eigenvalue weighted by atomic mass is 32.1. The molecule has 0 unspecified atom stereocenters. The van der Waals surface area contributed by atoms with Crippen molar-refractivity contribution in [1.29, 1.82) is 0 Å². The molecule has 2 rings (SSSR count). The third kappa shape index (κ3) is 2.71. The molecule has 118 valence electrons. The Hall–Kier alpha value is -1.93. The van der Waals surface area contributed by atoms with E-state index in [1.165, 1.54) is 7.11 Å². The fourth-order valence-corrected chi connectivity index (χ4v) is 2.33. The number of nitrogens with zero attached hydrogens (tertiary/aromatic N) is 1. The zero-order valence-corrected chi connectivity index (χ0v) is 12.6. The Bertz CT molecular complexity index is 752. The van der Waals surface area contributed by atoms with Crippen LogP contribution in [0.4, 0.5) is 13.2 Å². The molecule has 0 saturated heterocycles. The lowest BCUT2D eigenvalue weighted by atomic mass is 10.1. The molecular formula is C14H12F3NO3S. The Morgan fingerprint density at radius 1 is 1.32 bits per heavy atom.